The molecular weight excluding hydrogens is 112 g/mol. The van der Waals surface area contributed by atoms with Crippen LogP contribution in [0.3, 0.4) is 0 Å². The maximum absolute atomic E-state index is 6.85. The molecule has 0 atom stereocenters. The zero-order valence-electron chi connectivity index (χ0n) is 5.26. The topological polar surface area (TPSA) is 36.7 Å². The Morgan fingerprint density at radius 2 is 2.33 bits per heavy atom. The number of nitrogens with zero attached hydrogens (tertiary/aromatic N) is 1. The van der Waals surface area contributed by atoms with Crippen LogP contribution < -0.4 is 0 Å². The fourth-order valence-corrected chi connectivity index (χ4v) is 0.645. The van der Waals surface area contributed by atoms with E-state index < -0.39 is 0 Å². The van der Waals surface area contributed by atoms with Crippen molar-refractivity contribution < 1.29 is 0 Å². The minimum Gasteiger partial charge on any atom is -0.307 e. The van der Waals surface area contributed by atoms with Gasteiger partial charge in [0.1, 0.15) is 0 Å². The standard InChI is InChI=1S/C7H8N2/c1-6-3-2-4-7(5-8)9-6/h2-5,8H,1H3. The summed E-state index contributed by atoms with van der Waals surface area (Å²) in [6.07, 6.45) is 1.24. The number of nitrogens with one attached hydrogen (secondary N) is 1. The smallest absolute Gasteiger partial charge is 0.0808 e. The Bertz CT molecular complexity index is 218. The summed E-state index contributed by atoms with van der Waals surface area (Å²) in [5, 5.41) is 6.85. The molecule has 46 valence electrons. The van der Waals surface area contributed by atoms with Crippen molar-refractivity contribution in [1.82, 2.24) is 4.98 Å². The molecule has 0 fully saturated rings. The number of aryl methyl sites for hydroxylation is 1. The fourth-order valence-electron chi connectivity index (χ4n) is 0.645. The van der Waals surface area contributed by atoms with Crippen LogP contribution in [0, 0.1) is 12.3 Å². The largest absolute Gasteiger partial charge is 0.307 e. The van der Waals surface area contributed by atoms with E-state index in [1.54, 1.807) is 6.07 Å². The SMILES string of the molecule is Cc1cccc(C=N)n1. The highest BCUT2D eigenvalue weighted by Crippen LogP contribution is 1.93. The van der Waals surface area contributed by atoms with E-state index in [2.05, 4.69) is 4.98 Å². The summed E-state index contributed by atoms with van der Waals surface area (Å²) < 4.78 is 0. The van der Waals surface area contributed by atoms with Crippen LogP contribution in [0.2, 0.25) is 0 Å². The molecule has 1 heterocycles. The lowest BCUT2D eigenvalue weighted by Gasteiger charge is -1.90. The van der Waals surface area contributed by atoms with Gasteiger partial charge in [-0.05, 0) is 19.1 Å². The van der Waals surface area contributed by atoms with Crippen molar-refractivity contribution in [1.29, 1.82) is 5.41 Å². The number of pyridine rings is 1. The van der Waals surface area contributed by atoms with Gasteiger partial charge in [-0.2, -0.15) is 0 Å². The molecule has 0 amide bonds. The van der Waals surface area contributed by atoms with Gasteiger partial charge in [0.05, 0.1) is 5.69 Å². The summed E-state index contributed by atoms with van der Waals surface area (Å²) in [5.74, 6) is 0. The zero-order chi connectivity index (χ0) is 6.69. The molecular formula is C7H8N2. The van der Waals surface area contributed by atoms with E-state index in [1.807, 2.05) is 19.1 Å². The summed E-state index contributed by atoms with van der Waals surface area (Å²) in [7, 11) is 0. The third kappa shape index (κ3) is 1.35. The summed E-state index contributed by atoms with van der Waals surface area (Å²) in [6, 6.07) is 5.61. The van der Waals surface area contributed by atoms with Crippen molar-refractivity contribution in [3.63, 3.8) is 0 Å². The third-order valence-electron chi connectivity index (χ3n) is 1.06. The second-order valence-electron chi connectivity index (χ2n) is 1.85. The highest BCUT2D eigenvalue weighted by atomic mass is 14.7. The van der Waals surface area contributed by atoms with E-state index in [1.165, 1.54) is 6.21 Å². The predicted molar refractivity (Wildman–Crippen MR) is 36.9 cm³/mol. The minimum absolute atomic E-state index is 0.718. The van der Waals surface area contributed by atoms with Gasteiger partial charge >= 0.3 is 0 Å². The average molecular weight is 120 g/mol. The second-order valence-corrected chi connectivity index (χ2v) is 1.85. The van der Waals surface area contributed by atoms with Crippen LogP contribution >= 0.6 is 0 Å². The van der Waals surface area contributed by atoms with Gasteiger partial charge in [0, 0.05) is 11.9 Å². The first-order chi connectivity index (χ1) is 4.33. The Hall–Kier alpha value is -1.18. The predicted octanol–water partition coefficient (Wildman–Crippen LogP) is 1.39. The first-order valence-electron chi connectivity index (χ1n) is 2.77. The van der Waals surface area contributed by atoms with E-state index >= 15 is 0 Å². The summed E-state index contributed by atoms with van der Waals surface area (Å²) in [4.78, 5) is 4.05. The first-order valence-corrected chi connectivity index (χ1v) is 2.77. The molecule has 0 unspecified atom stereocenters. The second kappa shape index (κ2) is 2.40. The molecule has 0 aliphatic heterocycles. The van der Waals surface area contributed by atoms with Gasteiger partial charge in [-0.1, -0.05) is 6.07 Å². The number of hydrogen-bond donors (Lipinski definition) is 1. The van der Waals surface area contributed by atoms with E-state index in [0.717, 1.165) is 11.4 Å². The lowest BCUT2D eigenvalue weighted by Crippen LogP contribution is -1.86. The molecule has 1 rings (SSSR count). The highest BCUT2D eigenvalue weighted by Gasteiger charge is 1.85. The molecule has 0 aliphatic carbocycles. The molecule has 0 aromatic carbocycles. The molecule has 0 aliphatic rings. The Balaban J connectivity index is 3.07. The minimum atomic E-state index is 0.718. The van der Waals surface area contributed by atoms with Crippen molar-refractivity contribution >= 4 is 6.21 Å². The molecule has 1 N–H and O–H groups in total. The van der Waals surface area contributed by atoms with Crippen molar-refractivity contribution in [2.24, 2.45) is 0 Å². The Morgan fingerprint density at radius 1 is 1.56 bits per heavy atom. The number of aromatic nitrogens is 1. The van der Waals surface area contributed by atoms with Crippen LogP contribution in [0.5, 0.6) is 0 Å². The molecule has 0 saturated carbocycles. The van der Waals surface area contributed by atoms with E-state index in [9.17, 15) is 0 Å². The van der Waals surface area contributed by atoms with Gasteiger partial charge in [-0.15, -0.1) is 0 Å². The van der Waals surface area contributed by atoms with Crippen LogP contribution in [-0.4, -0.2) is 11.2 Å². The van der Waals surface area contributed by atoms with Crippen molar-refractivity contribution in [2.75, 3.05) is 0 Å². The van der Waals surface area contributed by atoms with Crippen molar-refractivity contribution in [3.05, 3.63) is 29.6 Å². The lowest BCUT2D eigenvalue weighted by molar-refractivity contribution is 1.18. The molecule has 0 bridgehead atoms. The molecule has 2 nitrogen and oxygen atoms in total. The fraction of sp³-hybridized carbons (Fsp3) is 0.143. The molecule has 1 aromatic rings. The Kier molecular flexibility index (Phi) is 1.58. The van der Waals surface area contributed by atoms with Gasteiger partial charge in [0.2, 0.25) is 0 Å². The van der Waals surface area contributed by atoms with Gasteiger partial charge in [0.15, 0.2) is 0 Å². The summed E-state index contributed by atoms with van der Waals surface area (Å²) in [5.41, 5.74) is 1.67. The van der Waals surface area contributed by atoms with E-state index in [-0.39, 0.29) is 0 Å². The molecule has 0 spiro atoms. The Morgan fingerprint density at radius 3 is 2.78 bits per heavy atom. The van der Waals surface area contributed by atoms with Crippen LogP contribution in [-0.2, 0) is 0 Å². The van der Waals surface area contributed by atoms with Gasteiger partial charge in [0.25, 0.3) is 0 Å². The Labute approximate surface area is 54.1 Å². The summed E-state index contributed by atoms with van der Waals surface area (Å²) >= 11 is 0. The monoisotopic (exact) mass is 120 g/mol. The third-order valence-corrected chi connectivity index (χ3v) is 1.06. The molecule has 0 saturated heterocycles. The van der Waals surface area contributed by atoms with Crippen molar-refractivity contribution in [2.45, 2.75) is 6.92 Å². The van der Waals surface area contributed by atoms with Gasteiger partial charge in [-0.25, -0.2) is 0 Å². The zero-order valence-corrected chi connectivity index (χ0v) is 5.26. The normalized spacial score (nSPS) is 9.00. The lowest BCUT2D eigenvalue weighted by atomic mass is 10.3. The summed E-state index contributed by atoms with van der Waals surface area (Å²) in [6.45, 7) is 1.91. The average Bonchev–Trinajstić information content (AvgIpc) is 1.88. The molecule has 0 radical (unpaired) electrons. The molecule has 2 heteroatoms. The van der Waals surface area contributed by atoms with Crippen LogP contribution in [0.25, 0.3) is 0 Å². The number of rotatable bonds is 1. The molecule has 1 aromatic heterocycles. The molecule has 9 heavy (non-hydrogen) atoms. The van der Waals surface area contributed by atoms with Gasteiger partial charge in [-0.3, -0.25) is 4.98 Å². The quantitative estimate of drug-likeness (QED) is 0.558. The van der Waals surface area contributed by atoms with E-state index in [0.29, 0.717) is 0 Å². The first kappa shape index (κ1) is 5.95. The van der Waals surface area contributed by atoms with Crippen LogP contribution in [0.1, 0.15) is 11.4 Å². The van der Waals surface area contributed by atoms with Crippen LogP contribution in [0.15, 0.2) is 18.2 Å². The van der Waals surface area contributed by atoms with E-state index in [4.69, 9.17) is 5.41 Å². The maximum Gasteiger partial charge on any atom is 0.0808 e. The van der Waals surface area contributed by atoms with Gasteiger partial charge < -0.3 is 5.41 Å². The number of hydrogen-bond acceptors (Lipinski definition) is 2. The highest BCUT2D eigenvalue weighted by molar-refractivity contribution is 5.73. The van der Waals surface area contributed by atoms with Crippen molar-refractivity contribution in [3.8, 4) is 0 Å². The maximum atomic E-state index is 6.85. The van der Waals surface area contributed by atoms with Crippen LogP contribution in [0.4, 0.5) is 0 Å².